The number of nitrogens with one attached hydrogen (secondary N) is 1. The van der Waals surface area contributed by atoms with Gasteiger partial charge in [0.15, 0.2) is 0 Å². The van der Waals surface area contributed by atoms with Crippen molar-refractivity contribution >= 4 is 29.5 Å². The Morgan fingerprint density at radius 2 is 2.12 bits per heavy atom. The molecule has 0 unspecified atom stereocenters. The van der Waals surface area contributed by atoms with Crippen LogP contribution in [-0.2, 0) is 21.0 Å². The van der Waals surface area contributed by atoms with Gasteiger partial charge in [-0.2, -0.15) is 0 Å². The van der Waals surface area contributed by atoms with E-state index in [1.807, 2.05) is 13.8 Å². The molecular weight excluding hydrogens is 436 g/mol. The van der Waals surface area contributed by atoms with Crippen molar-refractivity contribution in [3.63, 3.8) is 0 Å². The van der Waals surface area contributed by atoms with Gasteiger partial charge in [-0.25, -0.2) is 9.48 Å². The molecule has 11 nitrogen and oxygen atoms in total. The smallest absolute Gasteiger partial charge is 0.353 e. The number of carboxylic acids is 1. The van der Waals surface area contributed by atoms with E-state index >= 15 is 0 Å². The molecular formula is C20H28N6O5S. The average molecular weight is 465 g/mol. The molecule has 32 heavy (non-hydrogen) atoms. The lowest BCUT2D eigenvalue weighted by Gasteiger charge is -2.47. The maximum Gasteiger partial charge on any atom is 0.353 e. The number of fused-ring (bicyclic) bond motifs is 1. The number of carbonyl (C=O) groups excluding carboxylic acids is 2. The van der Waals surface area contributed by atoms with Crippen molar-refractivity contribution in [1.82, 2.24) is 30.1 Å². The SMILES string of the molecule is C[C@H]([C@H]1C(=O)N2C(C(=O)O)=C(S[C@@H]3CN[C@H](C(=O)N(C)C)C3)[C@H](C)[C@@H]12)n1cc(CO)nn1. The molecule has 2 fully saturated rings. The van der Waals surface area contributed by atoms with Crippen LogP contribution in [0, 0.1) is 11.8 Å². The van der Waals surface area contributed by atoms with E-state index in [2.05, 4.69) is 15.6 Å². The zero-order chi connectivity index (χ0) is 23.3. The number of aliphatic hydroxyl groups excluding tert-OH is 1. The fraction of sp³-hybridized carbons (Fsp3) is 0.650. The maximum atomic E-state index is 13.0. The Balaban J connectivity index is 1.53. The lowest BCUT2D eigenvalue weighted by atomic mass is 9.78. The number of likely N-dealkylation sites (N-methyl/N-ethyl adjacent to an activating group) is 1. The first-order valence-corrected chi connectivity index (χ1v) is 11.5. The van der Waals surface area contributed by atoms with Crippen molar-refractivity contribution < 1.29 is 24.6 Å². The molecule has 1 aromatic rings. The molecule has 0 aliphatic carbocycles. The minimum Gasteiger partial charge on any atom is -0.477 e. The number of aliphatic hydroxyl groups is 1. The summed E-state index contributed by atoms with van der Waals surface area (Å²) in [4.78, 5) is 41.1. The number of hydrogen-bond donors (Lipinski definition) is 3. The zero-order valence-corrected chi connectivity index (χ0v) is 19.2. The highest BCUT2D eigenvalue weighted by molar-refractivity contribution is 8.03. The van der Waals surface area contributed by atoms with Gasteiger partial charge in [-0.1, -0.05) is 12.1 Å². The molecule has 0 spiro atoms. The third-order valence-electron chi connectivity index (χ3n) is 6.57. The van der Waals surface area contributed by atoms with Crippen LogP contribution in [0.15, 0.2) is 16.8 Å². The molecule has 1 aromatic heterocycles. The van der Waals surface area contributed by atoms with Crippen molar-refractivity contribution in [2.24, 2.45) is 11.8 Å². The van der Waals surface area contributed by atoms with Crippen LogP contribution in [0.3, 0.4) is 0 Å². The van der Waals surface area contributed by atoms with Crippen molar-refractivity contribution in [2.45, 2.75) is 50.3 Å². The van der Waals surface area contributed by atoms with Crippen molar-refractivity contribution in [1.29, 1.82) is 0 Å². The van der Waals surface area contributed by atoms with Crippen LogP contribution in [-0.4, -0.2) is 90.8 Å². The summed E-state index contributed by atoms with van der Waals surface area (Å²) in [6, 6.07) is -0.886. The normalized spacial score (nSPS) is 30.3. The van der Waals surface area contributed by atoms with Crippen LogP contribution in [0.25, 0.3) is 0 Å². The minimum absolute atomic E-state index is 0.00275. The average Bonchev–Trinajstić information content (AvgIpc) is 3.46. The first-order valence-electron chi connectivity index (χ1n) is 10.6. The lowest BCUT2D eigenvalue weighted by Crippen LogP contribution is -2.62. The largest absolute Gasteiger partial charge is 0.477 e. The van der Waals surface area contributed by atoms with E-state index in [9.17, 15) is 24.6 Å². The molecule has 2 amide bonds. The van der Waals surface area contributed by atoms with Gasteiger partial charge in [0, 0.05) is 36.7 Å². The highest BCUT2D eigenvalue weighted by Gasteiger charge is 2.60. The van der Waals surface area contributed by atoms with Gasteiger partial charge in [-0.15, -0.1) is 16.9 Å². The van der Waals surface area contributed by atoms with Gasteiger partial charge < -0.3 is 25.3 Å². The van der Waals surface area contributed by atoms with Gasteiger partial charge in [-0.3, -0.25) is 9.59 Å². The summed E-state index contributed by atoms with van der Waals surface area (Å²) in [5.41, 5.74) is 0.467. The van der Waals surface area contributed by atoms with E-state index in [-0.39, 0.29) is 53.4 Å². The van der Waals surface area contributed by atoms with E-state index in [0.29, 0.717) is 23.6 Å². The number of rotatable bonds is 7. The third kappa shape index (κ3) is 3.59. The molecule has 0 aromatic carbocycles. The number of carboxylic acid groups (broad SMARTS) is 1. The molecule has 3 N–H and O–H groups in total. The number of β-lactam (4-membered cyclic amide) rings is 1. The Hall–Kier alpha value is -2.44. The number of aliphatic carboxylic acids is 1. The minimum atomic E-state index is -1.11. The molecule has 2 saturated heterocycles. The van der Waals surface area contributed by atoms with Crippen molar-refractivity contribution in [2.75, 3.05) is 20.6 Å². The van der Waals surface area contributed by atoms with E-state index < -0.39 is 11.9 Å². The number of carbonyl (C=O) groups is 3. The second kappa shape index (κ2) is 8.49. The Kier molecular flexibility index (Phi) is 6.03. The third-order valence-corrected chi connectivity index (χ3v) is 8.08. The summed E-state index contributed by atoms with van der Waals surface area (Å²) in [6.07, 6.45) is 2.21. The summed E-state index contributed by atoms with van der Waals surface area (Å²) in [7, 11) is 3.43. The van der Waals surface area contributed by atoms with Crippen LogP contribution >= 0.6 is 11.8 Å². The lowest BCUT2D eigenvalue weighted by molar-refractivity contribution is -0.159. The predicted octanol–water partition coefficient (Wildman–Crippen LogP) is -0.344. The standard InChI is InChI=1S/C20H28N6O5S/c1-9-15-14(10(2)25-7-11(8-27)22-23-25)19(29)26(15)16(20(30)31)17(9)32-12-5-13(21-6-12)18(28)24(3)4/h7,9-10,12-15,21,27H,5-6,8H2,1-4H3,(H,30,31)/t9-,10-,12+,13+,14-,15+/m1/s1. The van der Waals surface area contributed by atoms with Crippen LogP contribution in [0.4, 0.5) is 0 Å². The monoisotopic (exact) mass is 464 g/mol. The number of aromatic nitrogens is 3. The summed E-state index contributed by atoms with van der Waals surface area (Å²) < 4.78 is 1.56. The molecule has 0 bridgehead atoms. The van der Waals surface area contributed by atoms with Crippen molar-refractivity contribution in [3.05, 3.63) is 22.5 Å². The molecule has 12 heteroatoms. The molecule has 0 saturated carbocycles. The fourth-order valence-corrected chi connectivity index (χ4v) is 6.38. The topological polar surface area (TPSA) is 141 Å². The Labute approximate surface area is 189 Å². The molecule has 3 aliphatic heterocycles. The highest BCUT2D eigenvalue weighted by Crippen LogP contribution is 2.53. The van der Waals surface area contributed by atoms with Crippen LogP contribution in [0.1, 0.15) is 32.0 Å². The number of thioether (sulfide) groups is 1. The molecule has 3 aliphatic rings. The first kappa shape index (κ1) is 22.7. The Bertz CT molecular complexity index is 977. The van der Waals surface area contributed by atoms with Crippen LogP contribution < -0.4 is 5.32 Å². The Morgan fingerprint density at radius 3 is 2.72 bits per heavy atom. The van der Waals surface area contributed by atoms with Gasteiger partial charge >= 0.3 is 5.97 Å². The van der Waals surface area contributed by atoms with Gasteiger partial charge in [0.2, 0.25) is 11.8 Å². The molecule has 4 heterocycles. The summed E-state index contributed by atoms with van der Waals surface area (Å²) in [5, 5.41) is 30.3. The molecule has 0 radical (unpaired) electrons. The predicted molar refractivity (Wildman–Crippen MR) is 115 cm³/mol. The second-order valence-corrected chi connectivity index (χ2v) is 10.1. The van der Waals surface area contributed by atoms with E-state index in [1.54, 1.807) is 29.9 Å². The molecule has 174 valence electrons. The van der Waals surface area contributed by atoms with Crippen LogP contribution in [0.5, 0.6) is 0 Å². The second-order valence-electron chi connectivity index (χ2n) is 8.79. The van der Waals surface area contributed by atoms with Gasteiger partial charge in [0.1, 0.15) is 11.4 Å². The summed E-state index contributed by atoms with van der Waals surface area (Å²) in [6.45, 7) is 4.16. The summed E-state index contributed by atoms with van der Waals surface area (Å²) >= 11 is 1.46. The zero-order valence-electron chi connectivity index (χ0n) is 18.4. The summed E-state index contributed by atoms with van der Waals surface area (Å²) in [5.74, 6) is -1.94. The van der Waals surface area contributed by atoms with Gasteiger partial charge in [-0.05, 0) is 13.3 Å². The van der Waals surface area contributed by atoms with E-state index in [1.165, 1.54) is 16.7 Å². The van der Waals surface area contributed by atoms with Crippen LogP contribution in [0.2, 0.25) is 0 Å². The van der Waals surface area contributed by atoms with Gasteiger partial charge in [0.05, 0.1) is 36.8 Å². The fourth-order valence-electron chi connectivity index (χ4n) is 4.90. The van der Waals surface area contributed by atoms with E-state index in [4.69, 9.17) is 0 Å². The first-order chi connectivity index (χ1) is 15.1. The number of amides is 2. The molecule has 4 rings (SSSR count). The maximum absolute atomic E-state index is 13.0. The molecule has 6 atom stereocenters. The number of hydrogen-bond acceptors (Lipinski definition) is 8. The van der Waals surface area contributed by atoms with Crippen molar-refractivity contribution in [3.8, 4) is 0 Å². The highest BCUT2D eigenvalue weighted by atomic mass is 32.2. The quantitative estimate of drug-likeness (QED) is 0.462. The number of nitrogens with zero attached hydrogens (tertiary/aromatic N) is 5. The van der Waals surface area contributed by atoms with E-state index in [0.717, 1.165) is 0 Å². The Morgan fingerprint density at radius 1 is 1.41 bits per heavy atom. The van der Waals surface area contributed by atoms with Gasteiger partial charge in [0.25, 0.3) is 0 Å².